The first-order valence-electron chi connectivity index (χ1n) is 10.4. The molecule has 1 aliphatic rings. The second-order valence-electron chi connectivity index (χ2n) is 8.88. The minimum Gasteiger partial charge on any atom is -0.478 e. The number of benzene rings is 2. The Bertz CT molecular complexity index is 1070. The normalized spacial score (nSPS) is 18.6. The number of Topliss-reactive ketones (excluding diaryl/α,β-unsaturated/α-hetero) is 1. The van der Waals surface area contributed by atoms with Crippen molar-refractivity contribution in [1.82, 2.24) is 5.32 Å². The second kappa shape index (κ2) is 10.1. The molecule has 1 unspecified atom stereocenters. The number of alkyl carbamates (subject to hydrolysis) is 1. The minimum absolute atomic E-state index is 0.0430. The molecule has 0 spiro atoms. The molecule has 0 aliphatic carbocycles. The number of carbonyl (C=O) groups is 3. The van der Waals surface area contributed by atoms with Crippen molar-refractivity contribution < 1.29 is 28.6 Å². The highest BCUT2D eigenvalue weighted by Crippen LogP contribution is 2.38. The number of halogens is 2. The minimum atomic E-state index is -1.37. The third-order valence-corrected chi connectivity index (χ3v) is 6.51. The van der Waals surface area contributed by atoms with Gasteiger partial charge in [-0.3, -0.25) is 4.79 Å². The number of nitrogens with one attached hydrogen (secondary N) is 1. The molecule has 0 aromatic heterocycles. The monoisotopic (exact) mass is 493 g/mol. The number of hydrogen-bond acceptors (Lipinski definition) is 5. The van der Waals surface area contributed by atoms with Crippen LogP contribution in [0.5, 0.6) is 0 Å². The maximum Gasteiger partial charge on any atom is 0.408 e. The van der Waals surface area contributed by atoms with Crippen molar-refractivity contribution in [3.05, 3.63) is 63.9 Å². The smallest absolute Gasteiger partial charge is 0.408 e. The predicted octanol–water partition coefficient (Wildman–Crippen LogP) is 5.46. The van der Waals surface area contributed by atoms with Gasteiger partial charge in [0.2, 0.25) is 0 Å². The molecular weight excluding hydrogens is 469 g/mol. The summed E-state index contributed by atoms with van der Waals surface area (Å²) in [5.74, 6) is -2.67. The first-order chi connectivity index (χ1) is 15.4. The first kappa shape index (κ1) is 25.1. The van der Waals surface area contributed by atoms with Crippen LogP contribution in [-0.2, 0) is 16.0 Å². The number of hydrogen-bond donors (Lipinski definition) is 2. The fourth-order valence-corrected chi connectivity index (χ4v) is 4.92. The number of ether oxygens (including phenoxy) is 1. The predicted molar refractivity (Wildman–Crippen MR) is 125 cm³/mol. The van der Waals surface area contributed by atoms with Gasteiger partial charge in [0.1, 0.15) is 17.5 Å². The Morgan fingerprint density at radius 1 is 1.24 bits per heavy atom. The lowest BCUT2D eigenvalue weighted by molar-refractivity contribution is -0.121. The zero-order chi connectivity index (χ0) is 24.3. The van der Waals surface area contributed by atoms with Crippen molar-refractivity contribution in [2.24, 2.45) is 0 Å². The second-order valence-corrected chi connectivity index (χ2v) is 10.4. The van der Waals surface area contributed by atoms with E-state index in [1.165, 1.54) is 23.9 Å². The van der Waals surface area contributed by atoms with Gasteiger partial charge in [-0.1, -0.05) is 23.7 Å². The number of rotatable bonds is 4. The topological polar surface area (TPSA) is 92.7 Å². The van der Waals surface area contributed by atoms with Crippen molar-refractivity contribution in [1.29, 1.82) is 0 Å². The molecule has 0 saturated carbocycles. The highest BCUT2D eigenvalue weighted by molar-refractivity contribution is 7.99. The molecule has 2 N–H and O–H groups in total. The summed E-state index contributed by atoms with van der Waals surface area (Å²) < 4.78 is 19.7. The number of ketones is 1. The van der Waals surface area contributed by atoms with Crippen LogP contribution in [0.2, 0.25) is 5.02 Å². The molecule has 176 valence electrons. The fraction of sp³-hybridized carbons (Fsp3) is 0.375. The van der Waals surface area contributed by atoms with Gasteiger partial charge in [0.25, 0.3) is 0 Å². The molecule has 0 saturated heterocycles. The summed E-state index contributed by atoms with van der Waals surface area (Å²) in [5.41, 5.74) is 0.332. The lowest BCUT2D eigenvalue weighted by atomic mass is 9.85. The Labute approximate surface area is 200 Å². The van der Waals surface area contributed by atoms with E-state index >= 15 is 0 Å². The van der Waals surface area contributed by atoms with E-state index in [1.807, 2.05) is 12.1 Å². The molecule has 2 atom stereocenters. The van der Waals surface area contributed by atoms with Gasteiger partial charge in [-0.15, -0.1) is 11.8 Å². The van der Waals surface area contributed by atoms with Gasteiger partial charge in [-0.05, 0) is 68.5 Å². The first-order valence-corrected chi connectivity index (χ1v) is 11.8. The van der Waals surface area contributed by atoms with E-state index in [1.54, 1.807) is 32.9 Å². The van der Waals surface area contributed by atoms with Crippen LogP contribution >= 0.6 is 23.4 Å². The van der Waals surface area contributed by atoms with Crippen LogP contribution in [-0.4, -0.2) is 40.3 Å². The van der Waals surface area contributed by atoms with Gasteiger partial charge in [0.05, 0.1) is 5.56 Å². The molecule has 1 aliphatic heterocycles. The Morgan fingerprint density at radius 3 is 2.52 bits per heavy atom. The van der Waals surface area contributed by atoms with Crippen molar-refractivity contribution in [2.75, 3.05) is 5.75 Å². The summed E-state index contributed by atoms with van der Waals surface area (Å²) in [7, 11) is 0. The Balaban J connectivity index is 1.95. The molecule has 6 nitrogen and oxygen atoms in total. The third-order valence-electron chi connectivity index (χ3n) is 5.10. The van der Waals surface area contributed by atoms with Crippen LogP contribution < -0.4 is 5.32 Å². The van der Waals surface area contributed by atoms with E-state index in [4.69, 9.17) is 16.3 Å². The summed E-state index contributed by atoms with van der Waals surface area (Å²) in [4.78, 5) is 37.5. The number of amides is 1. The van der Waals surface area contributed by atoms with Gasteiger partial charge in [-0.25, -0.2) is 14.0 Å². The molecule has 3 rings (SSSR count). The molecule has 0 bridgehead atoms. The fourth-order valence-electron chi connectivity index (χ4n) is 3.60. The molecule has 0 radical (unpaired) electrons. The summed E-state index contributed by atoms with van der Waals surface area (Å²) in [5, 5.41) is 12.6. The van der Waals surface area contributed by atoms with Gasteiger partial charge in [0, 0.05) is 22.1 Å². The standard InChI is InChI=1S/C24H25ClFNO5S/c1-24(2,3)32-23(31)27-19-12-33-21-11-18(26)17(22(29)30)10-16(21)14(9-20(19)28)8-13-4-6-15(25)7-5-13/h4-7,10-11,14,19H,8-9,12H2,1-3H3,(H,27,31)(H,29,30)/t14?,19-/m0/s1. The van der Waals surface area contributed by atoms with Gasteiger partial charge in [0.15, 0.2) is 5.78 Å². The molecule has 33 heavy (non-hydrogen) atoms. The maximum absolute atomic E-state index is 14.5. The molecule has 2 aromatic rings. The van der Waals surface area contributed by atoms with Crippen LogP contribution in [0.3, 0.4) is 0 Å². The van der Waals surface area contributed by atoms with Crippen LogP contribution in [0.15, 0.2) is 41.3 Å². The molecule has 0 fully saturated rings. The zero-order valence-electron chi connectivity index (χ0n) is 18.5. The maximum atomic E-state index is 14.5. The van der Waals surface area contributed by atoms with E-state index < -0.39 is 41.0 Å². The van der Waals surface area contributed by atoms with E-state index in [9.17, 15) is 23.9 Å². The van der Waals surface area contributed by atoms with Crippen molar-refractivity contribution in [3.63, 3.8) is 0 Å². The number of aromatic carboxylic acids is 1. The van der Waals surface area contributed by atoms with Crippen molar-refractivity contribution in [3.8, 4) is 0 Å². The number of carboxylic acid groups (broad SMARTS) is 1. The Hall–Kier alpha value is -2.58. The lowest BCUT2D eigenvalue weighted by Crippen LogP contribution is -2.45. The van der Waals surface area contributed by atoms with E-state index in [-0.39, 0.29) is 18.0 Å². The van der Waals surface area contributed by atoms with Gasteiger partial charge in [-0.2, -0.15) is 0 Å². The van der Waals surface area contributed by atoms with Crippen LogP contribution in [0.25, 0.3) is 0 Å². The quantitative estimate of drug-likeness (QED) is 0.587. The third kappa shape index (κ3) is 6.71. The zero-order valence-corrected chi connectivity index (χ0v) is 20.1. The Morgan fingerprint density at radius 2 is 1.91 bits per heavy atom. The van der Waals surface area contributed by atoms with Crippen LogP contribution in [0, 0.1) is 5.82 Å². The van der Waals surface area contributed by atoms with Gasteiger partial charge < -0.3 is 15.2 Å². The summed E-state index contributed by atoms with van der Waals surface area (Å²) >= 11 is 7.18. The molecule has 2 aromatic carbocycles. The number of carbonyl (C=O) groups excluding carboxylic acids is 2. The highest BCUT2D eigenvalue weighted by Gasteiger charge is 2.32. The van der Waals surface area contributed by atoms with E-state index in [0.717, 1.165) is 5.56 Å². The molecular formula is C24H25ClFNO5S. The van der Waals surface area contributed by atoms with E-state index in [0.29, 0.717) is 21.9 Å². The van der Waals surface area contributed by atoms with Gasteiger partial charge >= 0.3 is 12.1 Å². The number of carboxylic acids is 1. The SMILES string of the molecule is CC(C)(C)OC(=O)N[C@H]1CSc2cc(F)c(C(=O)O)cc2C(Cc2ccc(Cl)cc2)CC1=O. The van der Waals surface area contributed by atoms with Crippen LogP contribution in [0.1, 0.15) is 54.6 Å². The van der Waals surface area contributed by atoms with Crippen molar-refractivity contribution in [2.45, 2.75) is 56.1 Å². The highest BCUT2D eigenvalue weighted by atomic mass is 35.5. The number of thioether (sulfide) groups is 1. The average Bonchev–Trinajstić information content (AvgIpc) is 2.69. The number of fused-ring (bicyclic) bond motifs is 1. The lowest BCUT2D eigenvalue weighted by Gasteiger charge is -2.28. The Kier molecular flexibility index (Phi) is 7.69. The molecule has 1 heterocycles. The van der Waals surface area contributed by atoms with Crippen molar-refractivity contribution >= 4 is 41.2 Å². The van der Waals surface area contributed by atoms with Crippen LogP contribution in [0.4, 0.5) is 9.18 Å². The molecule has 9 heteroatoms. The summed E-state index contributed by atoms with van der Waals surface area (Å²) in [6.07, 6.45) is -0.245. The summed E-state index contributed by atoms with van der Waals surface area (Å²) in [6, 6.07) is 8.81. The molecule has 1 amide bonds. The summed E-state index contributed by atoms with van der Waals surface area (Å²) in [6.45, 7) is 5.17. The largest absolute Gasteiger partial charge is 0.478 e. The van der Waals surface area contributed by atoms with E-state index in [2.05, 4.69) is 5.32 Å². The average molecular weight is 494 g/mol.